The van der Waals surface area contributed by atoms with Crippen molar-refractivity contribution in [3.63, 3.8) is 0 Å². The molecule has 0 heterocycles. The van der Waals surface area contributed by atoms with Gasteiger partial charge in [-0.05, 0) is 6.92 Å². The second-order valence-corrected chi connectivity index (χ2v) is 3.68. The average molecular weight is 174 g/mol. The summed E-state index contributed by atoms with van der Waals surface area (Å²) >= 11 is 0. The Balaban J connectivity index is 4.43. The van der Waals surface area contributed by atoms with E-state index in [0.29, 0.717) is 22.5 Å². The van der Waals surface area contributed by atoms with Gasteiger partial charge >= 0.3 is 0 Å². The molecular formula is C7H16N3O2+. The van der Waals surface area contributed by atoms with Crippen molar-refractivity contribution in [2.75, 3.05) is 27.7 Å². The molecular weight excluding hydrogens is 158 g/mol. The van der Waals surface area contributed by atoms with Crippen molar-refractivity contribution in [1.29, 1.82) is 0 Å². The third-order valence-electron chi connectivity index (χ3n) is 1.31. The largest absolute Gasteiger partial charge is 0.411 e. The van der Waals surface area contributed by atoms with Crippen molar-refractivity contribution in [2.24, 2.45) is 10.3 Å². The summed E-state index contributed by atoms with van der Waals surface area (Å²) in [7, 11) is 5.86. The summed E-state index contributed by atoms with van der Waals surface area (Å²) in [6, 6.07) is 0. The maximum Gasteiger partial charge on any atom is 0.158 e. The van der Waals surface area contributed by atoms with Gasteiger partial charge in [0.25, 0.3) is 0 Å². The SMILES string of the molecule is CC(=N/O)/C(C[N+](C)(C)C)=N\O. The summed E-state index contributed by atoms with van der Waals surface area (Å²) in [6.45, 7) is 2.11. The summed E-state index contributed by atoms with van der Waals surface area (Å²) in [6.07, 6.45) is 0. The van der Waals surface area contributed by atoms with Crippen LogP contribution in [0, 0.1) is 0 Å². The minimum atomic E-state index is 0.338. The lowest BCUT2D eigenvalue weighted by Gasteiger charge is -2.23. The quantitative estimate of drug-likeness (QED) is 0.281. The second-order valence-electron chi connectivity index (χ2n) is 3.68. The minimum Gasteiger partial charge on any atom is -0.411 e. The van der Waals surface area contributed by atoms with Crippen LogP contribution in [0.2, 0.25) is 0 Å². The van der Waals surface area contributed by atoms with Crippen LogP contribution in [0.25, 0.3) is 0 Å². The lowest BCUT2D eigenvalue weighted by Crippen LogP contribution is -2.41. The summed E-state index contributed by atoms with van der Waals surface area (Å²) in [4.78, 5) is 0. The third kappa shape index (κ3) is 3.92. The Labute approximate surface area is 72.2 Å². The highest BCUT2D eigenvalue weighted by Crippen LogP contribution is 1.94. The van der Waals surface area contributed by atoms with Crippen LogP contribution in [0.3, 0.4) is 0 Å². The molecule has 0 aliphatic carbocycles. The lowest BCUT2D eigenvalue weighted by atomic mass is 10.2. The molecule has 0 saturated heterocycles. The number of nitrogens with zero attached hydrogens (tertiary/aromatic N) is 3. The van der Waals surface area contributed by atoms with Crippen LogP contribution in [-0.2, 0) is 0 Å². The van der Waals surface area contributed by atoms with E-state index >= 15 is 0 Å². The highest BCUT2D eigenvalue weighted by molar-refractivity contribution is 6.41. The van der Waals surface area contributed by atoms with Gasteiger partial charge in [0.1, 0.15) is 12.3 Å². The van der Waals surface area contributed by atoms with Gasteiger partial charge in [0, 0.05) is 0 Å². The highest BCUT2D eigenvalue weighted by atomic mass is 16.4. The molecule has 70 valence electrons. The Bertz CT molecular complexity index is 203. The van der Waals surface area contributed by atoms with Gasteiger partial charge in [0.05, 0.1) is 21.1 Å². The fourth-order valence-corrected chi connectivity index (χ4v) is 0.725. The van der Waals surface area contributed by atoms with Crippen molar-refractivity contribution >= 4 is 11.4 Å². The molecule has 0 saturated carbocycles. The predicted octanol–water partition coefficient (Wildman–Crippen LogP) is 0.373. The molecule has 5 heteroatoms. The Morgan fingerprint density at radius 2 is 1.67 bits per heavy atom. The van der Waals surface area contributed by atoms with Gasteiger partial charge in [-0.1, -0.05) is 10.3 Å². The van der Waals surface area contributed by atoms with E-state index in [1.165, 1.54) is 0 Å². The molecule has 0 atom stereocenters. The van der Waals surface area contributed by atoms with E-state index in [0.717, 1.165) is 0 Å². The molecule has 2 N–H and O–H groups in total. The van der Waals surface area contributed by atoms with Crippen LogP contribution in [0.5, 0.6) is 0 Å². The molecule has 0 fully saturated rings. The van der Waals surface area contributed by atoms with Crippen LogP contribution in [0.4, 0.5) is 0 Å². The Kier molecular flexibility index (Phi) is 3.69. The first-order valence-electron chi connectivity index (χ1n) is 3.61. The molecule has 0 spiro atoms. The fraction of sp³-hybridized carbons (Fsp3) is 0.714. The lowest BCUT2D eigenvalue weighted by molar-refractivity contribution is -0.860. The van der Waals surface area contributed by atoms with Gasteiger partial charge in [-0.25, -0.2) is 0 Å². The Hall–Kier alpha value is -1.10. The fourth-order valence-electron chi connectivity index (χ4n) is 0.725. The van der Waals surface area contributed by atoms with Gasteiger partial charge in [0.2, 0.25) is 0 Å². The average Bonchev–Trinajstić information content (AvgIpc) is 1.97. The van der Waals surface area contributed by atoms with E-state index in [1.54, 1.807) is 6.92 Å². The van der Waals surface area contributed by atoms with Crippen molar-refractivity contribution in [3.05, 3.63) is 0 Å². The summed E-state index contributed by atoms with van der Waals surface area (Å²) in [5.41, 5.74) is 0.732. The topological polar surface area (TPSA) is 65.2 Å². The smallest absolute Gasteiger partial charge is 0.158 e. The second kappa shape index (κ2) is 4.06. The van der Waals surface area contributed by atoms with Crippen LogP contribution < -0.4 is 0 Å². The molecule has 0 aromatic rings. The first-order valence-corrected chi connectivity index (χ1v) is 3.61. The molecule has 0 aliphatic rings. The van der Waals surface area contributed by atoms with Crippen molar-refractivity contribution in [3.8, 4) is 0 Å². The van der Waals surface area contributed by atoms with Crippen molar-refractivity contribution in [1.82, 2.24) is 0 Å². The maximum absolute atomic E-state index is 8.58. The molecule has 0 aromatic heterocycles. The van der Waals surface area contributed by atoms with Crippen molar-refractivity contribution < 1.29 is 14.9 Å². The van der Waals surface area contributed by atoms with Gasteiger partial charge < -0.3 is 14.9 Å². The van der Waals surface area contributed by atoms with Gasteiger partial charge in [-0.2, -0.15) is 0 Å². The van der Waals surface area contributed by atoms with Crippen molar-refractivity contribution in [2.45, 2.75) is 6.92 Å². The molecule has 0 unspecified atom stereocenters. The predicted molar refractivity (Wildman–Crippen MR) is 47.0 cm³/mol. The number of hydrogen-bond acceptors (Lipinski definition) is 4. The highest BCUT2D eigenvalue weighted by Gasteiger charge is 2.15. The number of oxime groups is 2. The van der Waals surface area contributed by atoms with Crippen LogP contribution in [-0.4, -0.2) is 54.0 Å². The Morgan fingerprint density at radius 3 is 1.92 bits per heavy atom. The van der Waals surface area contributed by atoms with Gasteiger partial charge in [0.15, 0.2) is 5.71 Å². The first kappa shape index (κ1) is 10.9. The van der Waals surface area contributed by atoms with Crippen LogP contribution in [0.1, 0.15) is 6.92 Å². The standard InChI is InChI=1S/C7H15N3O2/c1-6(8-11)7(9-12)5-10(2,3)4/h5H2,1-4H3,(H-,11,12)/p+1/b8-6-,9-7-. The zero-order valence-electron chi connectivity index (χ0n) is 7.94. The molecule has 0 amide bonds. The number of rotatable bonds is 3. The number of hydrogen-bond donors (Lipinski definition) is 2. The van der Waals surface area contributed by atoms with E-state index in [2.05, 4.69) is 10.3 Å². The molecule has 5 nitrogen and oxygen atoms in total. The molecule has 0 aromatic carbocycles. The van der Waals surface area contributed by atoms with Crippen LogP contribution in [0.15, 0.2) is 10.3 Å². The minimum absolute atomic E-state index is 0.338. The summed E-state index contributed by atoms with van der Waals surface area (Å²) in [5.74, 6) is 0. The number of quaternary nitrogens is 1. The molecule has 0 radical (unpaired) electrons. The molecule has 12 heavy (non-hydrogen) atoms. The summed E-state index contributed by atoms with van der Waals surface area (Å²) < 4.78 is 0.617. The van der Waals surface area contributed by atoms with Gasteiger partial charge in [-0.15, -0.1) is 0 Å². The monoisotopic (exact) mass is 174 g/mol. The Morgan fingerprint density at radius 1 is 1.17 bits per heavy atom. The van der Waals surface area contributed by atoms with E-state index in [4.69, 9.17) is 10.4 Å². The van der Waals surface area contributed by atoms with E-state index < -0.39 is 0 Å². The van der Waals surface area contributed by atoms with Crippen LogP contribution >= 0.6 is 0 Å². The maximum atomic E-state index is 8.58. The molecule has 0 rings (SSSR count). The zero-order chi connectivity index (χ0) is 9.78. The first-order chi connectivity index (χ1) is 5.40. The summed E-state index contributed by atoms with van der Waals surface area (Å²) in [5, 5.41) is 23.0. The molecule has 0 bridgehead atoms. The van der Waals surface area contributed by atoms with E-state index in [9.17, 15) is 0 Å². The van der Waals surface area contributed by atoms with Gasteiger partial charge in [-0.3, -0.25) is 0 Å². The normalized spacial score (nSPS) is 15.0. The zero-order valence-corrected chi connectivity index (χ0v) is 7.94. The van der Waals surface area contributed by atoms with E-state index in [1.807, 2.05) is 21.1 Å². The third-order valence-corrected chi connectivity index (χ3v) is 1.31. The van der Waals surface area contributed by atoms with E-state index in [-0.39, 0.29) is 0 Å². The molecule has 0 aliphatic heterocycles.